The quantitative estimate of drug-likeness (QED) is 0.665. The number of aromatic nitrogens is 3. The molecule has 8 nitrogen and oxygen atoms in total. The predicted octanol–water partition coefficient (Wildman–Crippen LogP) is -1.70. The van der Waals surface area contributed by atoms with Gasteiger partial charge in [0.1, 0.15) is 12.4 Å². The first kappa shape index (κ1) is 13.8. The molecule has 106 valence electrons. The summed E-state index contributed by atoms with van der Waals surface area (Å²) in [7, 11) is 1.57. The number of carbonyl (C=O) groups excluding carboxylic acids is 1. The third-order valence-electron chi connectivity index (χ3n) is 2.91. The third-order valence-corrected chi connectivity index (χ3v) is 2.91. The largest absolute Gasteiger partial charge is 0.383 e. The molecule has 8 heteroatoms. The second kappa shape index (κ2) is 5.98. The summed E-state index contributed by atoms with van der Waals surface area (Å²) in [5.41, 5.74) is -0.231. The van der Waals surface area contributed by atoms with Crippen molar-refractivity contribution in [2.75, 3.05) is 20.3 Å². The van der Waals surface area contributed by atoms with E-state index in [1.807, 2.05) is 6.92 Å². The fourth-order valence-electron chi connectivity index (χ4n) is 2.08. The molecule has 0 fully saturated rings. The Bertz CT molecular complexity index is 507. The first-order valence-electron chi connectivity index (χ1n) is 6.27. The first-order chi connectivity index (χ1) is 9.11. The number of carbonyl (C=O) groups is 1. The molecule has 0 aliphatic carbocycles. The maximum atomic E-state index is 12.0. The number of fused-ring (bicyclic) bond motifs is 1. The number of amides is 1. The SMILES string of the molecule is COCC(C)NC(=O)Cn1nc2n(c1=O)CCNC2. The van der Waals surface area contributed by atoms with E-state index in [0.717, 1.165) is 6.54 Å². The summed E-state index contributed by atoms with van der Waals surface area (Å²) in [6, 6.07) is -0.0906. The molecule has 0 spiro atoms. The van der Waals surface area contributed by atoms with Crippen LogP contribution in [0.3, 0.4) is 0 Å². The fraction of sp³-hybridized carbons (Fsp3) is 0.727. The Morgan fingerprint density at radius 1 is 1.63 bits per heavy atom. The molecule has 1 aromatic rings. The normalized spacial score (nSPS) is 15.9. The maximum absolute atomic E-state index is 12.0. The summed E-state index contributed by atoms with van der Waals surface area (Å²) < 4.78 is 7.74. The van der Waals surface area contributed by atoms with Gasteiger partial charge in [-0.2, -0.15) is 5.10 Å². The summed E-state index contributed by atoms with van der Waals surface area (Å²) in [5.74, 6) is 0.434. The van der Waals surface area contributed by atoms with Crippen LogP contribution in [0.2, 0.25) is 0 Å². The Morgan fingerprint density at radius 2 is 2.42 bits per heavy atom. The van der Waals surface area contributed by atoms with Gasteiger partial charge < -0.3 is 15.4 Å². The van der Waals surface area contributed by atoms with Crippen LogP contribution in [0.1, 0.15) is 12.7 Å². The van der Waals surface area contributed by atoms with Gasteiger partial charge >= 0.3 is 5.69 Å². The molecule has 0 saturated heterocycles. The van der Waals surface area contributed by atoms with Gasteiger partial charge in [0.15, 0.2) is 0 Å². The topological polar surface area (TPSA) is 90.2 Å². The molecule has 2 N–H and O–H groups in total. The van der Waals surface area contributed by atoms with Gasteiger partial charge in [-0.15, -0.1) is 0 Å². The zero-order chi connectivity index (χ0) is 13.8. The third kappa shape index (κ3) is 3.21. The molecule has 1 aliphatic heterocycles. The van der Waals surface area contributed by atoms with E-state index in [1.165, 1.54) is 4.68 Å². The minimum Gasteiger partial charge on any atom is -0.383 e. The van der Waals surface area contributed by atoms with Gasteiger partial charge in [0.2, 0.25) is 5.91 Å². The van der Waals surface area contributed by atoms with Crippen LogP contribution in [0, 0.1) is 0 Å². The minimum absolute atomic E-state index is 0.0626. The molecule has 0 bridgehead atoms. The molecule has 1 aromatic heterocycles. The first-order valence-corrected chi connectivity index (χ1v) is 6.27. The van der Waals surface area contributed by atoms with E-state index >= 15 is 0 Å². The Labute approximate surface area is 110 Å². The molecule has 1 amide bonds. The van der Waals surface area contributed by atoms with E-state index in [0.29, 0.717) is 25.5 Å². The molecule has 19 heavy (non-hydrogen) atoms. The van der Waals surface area contributed by atoms with Gasteiger partial charge in [-0.05, 0) is 6.92 Å². The van der Waals surface area contributed by atoms with Crippen LogP contribution in [-0.2, 0) is 29.2 Å². The molecule has 0 aromatic carbocycles. The summed E-state index contributed by atoms with van der Waals surface area (Å²) in [6.07, 6.45) is 0. The summed E-state index contributed by atoms with van der Waals surface area (Å²) >= 11 is 0. The molecule has 1 atom stereocenters. The second-order valence-corrected chi connectivity index (χ2v) is 4.61. The van der Waals surface area contributed by atoms with Gasteiger partial charge in [-0.3, -0.25) is 9.36 Å². The van der Waals surface area contributed by atoms with Gasteiger partial charge in [0, 0.05) is 26.2 Å². The van der Waals surface area contributed by atoms with Crippen molar-refractivity contribution in [2.45, 2.75) is 32.6 Å². The number of hydrogen-bond acceptors (Lipinski definition) is 5. The number of hydrogen-bond donors (Lipinski definition) is 2. The minimum atomic E-state index is -0.241. The number of rotatable bonds is 5. The molecule has 0 radical (unpaired) electrons. The number of nitrogens with one attached hydrogen (secondary N) is 2. The number of methoxy groups -OCH3 is 1. The van der Waals surface area contributed by atoms with Crippen molar-refractivity contribution < 1.29 is 9.53 Å². The van der Waals surface area contributed by atoms with Crippen molar-refractivity contribution in [1.29, 1.82) is 0 Å². The Hall–Kier alpha value is -1.67. The van der Waals surface area contributed by atoms with Crippen molar-refractivity contribution >= 4 is 5.91 Å². The summed E-state index contributed by atoms with van der Waals surface area (Å²) in [5, 5.41) is 10.0. The highest BCUT2D eigenvalue weighted by Crippen LogP contribution is 1.97. The maximum Gasteiger partial charge on any atom is 0.346 e. The average molecular weight is 269 g/mol. The van der Waals surface area contributed by atoms with Crippen LogP contribution in [0.25, 0.3) is 0 Å². The lowest BCUT2D eigenvalue weighted by molar-refractivity contribution is -0.122. The zero-order valence-corrected chi connectivity index (χ0v) is 11.2. The van der Waals surface area contributed by atoms with Crippen molar-refractivity contribution in [3.63, 3.8) is 0 Å². The molecule has 0 saturated carbocycles. The Kier molecular flexibility index (Phi) is 4.33. The lowest BCUT2D eigenvalue weighted by atomic mass is 10.3. The average Bonchev–Trinajstić information content (AvgIpc) is 2.67. The lowest BCUT2D eigenvalue weighted by Gasteiger charge is -2.12. The molecular weight excluding hydrogens is 250 g/mol. The van der Waals surface area contributed by atoms with Crippen LogP contribution in [0.15, 0.2) is 4.79 Å². The van der Waals surface area contributed by atoms with E-state index in [1.54, 1.807) is 11.7 Å². The molecule has 2 rings (SSSR count). The van der Waals surface area contributed by atoms with Crippen LogP contribution in [0.4, 0.5) is 0 Å². The van der Waals surface area contributed by atoms with Gasteiger partial charge in [0.05, 0.1) is 13.2 Å². The van der Waals surface area contributed by atoms with E-state index in [4.69, 9.17) is 4.74 Å². The lowest BCUT2D eigenvalue weighted by Crippen LogP contribution is -2.40. The molecule has 1 aliphatic rings. The van der Waals surface area contributed by atoms with E-state index in [9.17, 15) is 9.59 Å². The highest BCUT2D eigenvalue weighted by atomic mass is 16.5. The van der Waals surface area contributed by atoms with Gasteiger partial charge in [-0.1, -0.05) is 0 Å². The standard InChI is InChI=1S/C11H19N5O3/c1-8(7-19-2)13-10(17)6-16-11(18)15-4-3-12-5-9(15)14-16/h8,12H,3-7H2,1-2H3,(H,13,17). The fourth-order valence-corrected chi connectivity index (χ4v) is 2.08. The summed E-state index contributed by atoms with van der Waals surface area (Å²) in [4.78, 5) is 23.8. The van der Waals surface area contributed by atoms with E-state index < -0.39 is 0 Å². The van der Waals surface area contributed by atoms with Crippen molar-refractivity contribution in [3.8, 4) is 0 Å². The van der Waals surface area contributed by atoms with Crippen molar-refractivity contribution in [2.24, 2.45) is 0 Å². The molecule has 2 heterocycles. The van der Waals surface area contributed by atoms with E-state index in [-0.39, 0.29) is 24.2 Å². The predicted molar refractivity (Wildman–Crippen MR) is 67.7 cm³/mol. The molecular formula is C11H19N5O3. The second-order valence-electron chi connectivity index (χ2n) is 4.61. The molecule has 1 unspecified atom stereocenters. The smallest absolute Gasteiger partial charge is 0.346 e. The Morgan fingerprint density at radius 3 is 3.11 bits per heavy atom. The zero-order valence-electron chi connectivity index (χ0n) is 11.2. The van der Waals surface area contributed by atoms with E-state index in [2.05, 4.69) is 15.7 Å². The van der Waals surface area contributed by atoms with Gasteiger partial charge in [-0.25, -0.2) is 9.48 Å². The Balaban J connectivity index is 2.01. The summed E-state index contributed by atoms with van der Waals surface area (Å²) in [6.45, 7) is 4.11. The monoisotopic (exact) mass is 269 g/mol. The van der Waals surface area contributed by atoms with Crippen molar-refractivity contribution in [1.82, 2.24) is 25.0 Å². The van der Waals surface area contributed by atoms with Crippen LogP contribution < -0.4 is 16.3 Å². The van der Waals surface area contributed by atoms with Crippen LogP contribution >= 0.6 is 0 Å². The van der Waals surface area contributed by atoms with Crippen molar-refractivity contribution in [3.05, 3.63) is 16.3 Å². The highest BCUT2D eigenvalue weighted by molar-refractivity contribution is 5.75. The van der Waals surface area contributed by atoms with Crippen LogP contribution in [-0.4, -0.2) is 46.6 Å². The van der Waals surface area contributed by atoms with Gasteiger partial charge in [0.25, 0.3) is 0 Å². The number of nitrogens with zero attached hydrogens (tertiary/aromatic N) is 3. The van der Waals surface area contributed by atoms with Crippen LogP contribution in [0.5, 0.6) is 0 Å². The number of ether oxygens (including phenoxy) is 1. The highest BCUT2D eigenvalue weighted by Gasteiger charge is 2.18.